The first-order valence-electron chi connectivity index (χ1n) is 6.82. The van der Waals surface area contributed by atoms with Crippen LogP contribution in [0.5, 0.6) is 11.5 Å². The van der Waals surface area contributed by atoms with Gasteiger partial charge in [-0.05, 0) is 23.8 Å². The Labute approximate surface area is 130 Å². The molecule has 2 rings (SSSR count). The monoisotopic (exact) mass is 327 g/mol. The molecule has 4 nitrogen and oxygen atoms in total. The maximum atomic E-state index is 12.3. The highest BCUT2D eigenvalue weighted by Gasteiger charge is 2.32. The second kappa shape index (κ2) is 6.89. The molecule has 0 heterocycles. The van der Waals surface area contributed by atoms with E-state index in [9.17, 15) is 23.4 Å². The fraction of sp³-hybridized carbons (Fsp3) is 0.250. The lowest BCUT2D eigenvalue weighted by Crippen LogP contribution is -2.28. The van der Waals surface area contributed by atoms with Crippen LogP contribution < -0.4 is 10.5 Å². The third-order valence-corrected chi connectivity index (χ3v) is 3.29. The molecule has 23 heavy (non-hydrogen) atoms. The number of hydrogen-bond donors (Lipinski definition) is 3. The van der Waals surface area contributed by atoms with Crippen LogP contribution in [0, 0.1) is 0 Å². The largest absolute Gasteiger partial charge is 0.573 e. The Morgan fingerprint density at radius 3 is 2.35 bits per heavy atom. The van der Waals surface area contributed by atoms with Crippen LogP contribution in [-0.4, -0.2) is 22.7 Å². The standard InChI is InChI=1S/C16H16F3NO3/c17-16(18,19)23-11-6-7-13(21)12(9-11)15(20)14(22)8-10-4-2-1-3-5-10/h1-7,9,14-15,21-22H,8,20H2/t14-,15+/m0/s1. The zero-order valence-corrected chi connectivity index (χ0v) is 12.0. The average molecular weight is 327 g/mol. The van der Waals surface area contributed by atoms with E-state index in [0.29, 0.717) is 0 Å². The first-order chi connectivity index (χ1) is 10.8. The highest BCUT2D eigenvalue weighted by Crippen LogP contribution is 2.32. The number of nitrogens with two attached hydrogens (primary N) is 1. The Hall–Kier alpha value is -2.25. The van der Waals surface area contributed by atoms with Crippen molar-refractivity contribution >= 4 is 0 Å². The van der Waals surface area contributed by atoms with Gasteiger partial charge in [0.05, 0.1) is 12.1 Å². The molecule has 0 aliphatic carbocycles. The van der Waals surface area contributed by atoms with Crippen molar-refractivity contribution in [1.82, 2.24) is 0 Å². The van der Waals surface area contributed by atoms with E-state index in [1.807, 2.05) is 6.07 Å². The fourth-order valence-electron chi connectivity index (χ4n) is 2.19. The second-order valence-electron chi connectivity index (χ2n) is 5.05. The minimum Gasteiger partial charge on any atom is -0.508 e. The van der Waals surface area contributed by atoms with E-state index in [1.165, 1.54) is 0 Å². The predicted octanol–water partition coefficient (Wildman–Crippen LogP) is 2.89. The Balaban J connectivity index is 2.17. The first kappa shape index (κ1) is 17.1. The molecule has 0 saturated heterocycles. The maximum Gasteiger partial charge on any atom is 0.573 e. The molecule has 0 aliphatic heterocycles. The number of hydrogen-bond acceptors (Lipinski definition) is 4. The van der Waals surface area contributed by atoms with Gasteiger partial charge < -0.3 is 20.7 Å². The average Bonchev–Trinajstić information content (AvgIpc) is 2.48. The van der Waals surface area contributed by atoms with Gasteiger partial charge in [-0.1, -0.05) is 30.3 Å². The van der Waals surface area contributed by atoms with E-state index in [0.717, 1.165) is 23.8 Å². The summed E-state index contributed by atoms with van der Waals surface area (Å²) in [4.78, 5) is 0. The molecule has 2 aromatic rings. The van der Waals surface area contributed by atoms with Crippen LogP contribution in [0.2, 0.25) is 0 Å². The molecule has 0 saturated carbocycles. The van der Waals surface area contributed by atoms with Crippen molar-refractivity contribution in [3.8, 4) is 11.5 Å². The molecule has 0 spiro atoms. The molecule has 2 atom stereocenters. The van der Waals surface area contributed by atoms with E-state index in [4.69, 9.17) is 5.73 Å². The van der Waals surface area contributed by atoms with Crippen LogP contribution in [0.3, 0.4) is 0 Å². The summed E-state index contributed by atoms with van der Waals surface area (Å²) in [5, 5.41) is 20.0. The summed E-state index contributed by atoms with van der Waals surface area (Å²) < 4.78 is 40.6. The molecule has 0 radical (unpaired) electrons. The third kappa shape index (κ3) is 4.87. The number of aliphatic hydroxyl groups excluding tert-OH is 1. The molecule has 2 aromatic carbocycles. The molecule has 0 aromatic heterocycles. The summed E-state index contributed by atoms with van der Waals surface area (Å²) >= 11 is 0. The van der Waals surface area contributed by atoms with Gasteiger partial charge in [0.1, 0.15) is 11.5 Å². The molecule has 0 unspecified atom stereocenters. The summed E-state index contributed by atoms with van der Waals surface area (Å²) in [7, 11) is 0. The van der Waals surface area contributed by atoms with Gasteiger partial charge in [-0.25, -0.2) is 0 Å². The molecule has 7 heteroatoms. The van der Waals surface area contributed by atoms with Crippen molar-refractivity contribution in [2.45, 2.75) is 24.9 Å². The molecule has 0 fully saturated rings. The van der Waals surface area contributed by atoms with Crippen molar-refractivity contribution in [2.75, 3.05) is 0 Å². The number of rotatable bonds is 5. The topological polar surface area (TPSA) is 75.7 Å². The Kier molecular flexibility index (Phi) is 5.12. The van der Waals surface area contributed by atoms with Crippen LogP contribution in [-0.2, 0) is 6.42 Å². The zero-order valence-electron chi connectivity index (χ0n) is 12.0. The number of benzene rings is 2. The molecule has 124 valence electrons. The van der Waals surface area contributed by atoms with Gasteiger partial charge in [-0.15, -0.1) is 13.2 Å². The molecule has 4 N–H and O–H groups in total. The predicted molar refractivity (Wildman–Crippen MR) is 77.9 cm³/mol. The SMILES string of the molecule is N[C@H](c1cc(OC(F)(F)F)ccc1O)[C@@H](O)Cc1ccccc1. The molecule has 0 bridgehead atoms. The van der Waals surface area contributed by atoms with Gasteiger partial charge in [-0.3, -0.25) is 0 Å². The third-order valence-electron chi connectivity index (χ3n) is 3.29. The van der Waals surface area contributed by atoms with E-state index >= 15 is 0 Å². The van der Waals surface area contributed by atoms with Crippen LogP contribution in [0.15, 0.2) is 48.5 Å². The summed E-state index contributed by atoms with van der Waals surface area (Å²) in [6, 6.07) is 10.9. The summed E-state index contributed by atoms with van der Waals surface area (Å²) in [5.41, 5.74) is 6.67. The lowest BCUT2D eigenvalue weighted by molar-refractivity contribution is -0.274. The Bertz CT molecular complexity index is 647. The lowest BCUT2D eigenvalue weighted by Gasteiger charge is -2.21. The van der Waals surface area contributed by atoms with Crippen molar-refractivity contribution < 1.29 is 28.1 Å². The van der Waals surface area contributed by atoms with Gasteiger partial charge >= 0.3 is 6.36 Å². The van der Waals surface area contributed by atoms with Crippen molar-refractivity contribution in [3.05, 3.63) is 59.7 Å². The second-order valence-corrected chi connectivity index (χ2v) is 5.05. The Morgan fingerprint density at radius 1 is 1.09 bits per heavy atom. The first-order valence-corrected chi connectivity index (χ1v) is 6.82. The number of ether oxygens (including phenoxy) is 1. The number of aliphatic hydroxyl groups is 1. The van der Waals surface area contributed by atoms with Crippen LogP contribution in [0.25, 0.3) is 0 Å². The van der Waals surface area contributed by atoms with Crippen LogP contribution >= 0.6 is 0 Å². The van der Waals surface area contributed by atoms with Crippen molar-refractivity contribution in [2.24, 2.45) is 5.73 Å². The van der Waals surface area contributed by atoms with E-state index in [-0.39, 0.29) is 17.7 Å². The van der Waals surface area contributed by atoms with Gasteiger partial charge in [0.15, 0.2) is 0 Å². The van der Waals surface area contributed by atoms with Gasteiger partial charge in [0, 0.05) is 12.0 Å². The van der Waals surface area contributed by atoms with Gasteiger partial charge in [-0.2, -0.15) is 0 Å². The van der Waals surface area contributed by atoms with Gasteiger partial charge in [0.2, 0.25) is 0 Å². The minimum atomic E-state index is -4.85. The highest BCUT2D eigenvalue weighted by atomic mass is 19.4. The highest BCUT2D eigenvalue weighted by molar-refractivity contribution is 5.42. The van der Waals surface area contributed by atoms with Crippen LogP contribution in [0.1, 0.15) is 17.2 Å². The number of halogens is 3. The summed E-state index contributed by atoms with van der Waals surface area (Å²) in [6.45, 7) is 0. The van der Waals surface area contributed by atoms with Crippen LogP contribution in [0.4, 0.5) is 13.2 Å². The van der Waals surface area contributed by atoms with Crippen molar-refractivity contribution in [3.63, 3.8) is 0 Å². The normalized spacial score (nSPS) is 14.3. The van der Waals surface area contributed by atoms with E-state index in [1.54, 1.807) is 24.3 Å². The zero-order chi connectivity index (χ0) is 17.0. The van der Waals surface area contributed by atoms with E-state index < -0.39 is 24.3 Å². The molecular weight excluding hydrogens is 311 g/mol. The smallest absolute Gasteiger partial charge is 0.508 e. The lowest BCUT2D eigenvalue weighted by atomic mass is 9.96. The van der Waals surface area contributed by atoms with Gasteiger partial charge in [0.25, 0.3) is 0 Å². The number of aromatic hydroxyl groups is 1. The molecular formula is C16H16F3NO3. The quantitative estimate of drug-likeness (QED) is 0.789. The summed E-state index contributed by atoms with van der Waals surface area (Å²) in [6.07, 6.45) is -5.73. The molecule has 0 amide bonds. The Morgan fingerprint density at radius 2 is 1.74 bits per heavy atom. The summed E-state index contributed by atoms with van der Waals surface area (Å²) in [5.74, 6) is -0.813. The fourth-order valence-corrected chi connectivity index (χ4v) is 2.19. The minimum absolute atomic E-state index is 0.0184. The number of phenolic OH excluding ortho intramolecular Hbond substituents is 1. The van der Waals surface area contributed by atoms with E-state index in [2.05, 4.69) is 4.74 Å². The molecule has 0 aliphatic rings. The number of alkyl halides is 3. The maximum absolute atomic E-state index is 12.3. The van der Waals surface area contributed by atoms with Crippen molar-refractivity contribution in [1.29, 1.82) is 0 Å². The number of phenols is 1.